The smallest absolute Gasteiger partial charge is 0.299 e. The molecule has 2 aromatic rings. The van der Waals surface area contributed by atoms with Gasteiger partial charge in [-0.1, -0.05) is 28.0 Å². The predicted octanol–water partition coefficient (Wildman–Crippen LogP) is 2.75. The third-order valence-corrected chi connectivity index (χ3v) is 3.02. The number of halogens is 1. The molecule has 84 valence electrons. The van der Waals surface area contributed by atoms with Crippen LogP contribution in [-0.2, 0) is 6.54 Å². The minimum atomic E-state index is 0.376. The molecule has 0 bridgehead atoms. The van der Waals surface area contributed by atoms with Gasteiger partial charge in [0.05, 0.1) is 0 Å². The standard InChI is InChI=1S/C10H10ClN3OS/c1-6-4-7(11)2-3-8(6)15-10-14-13-9(5-12)16-10/h2-4H,5,12H2,1H3. The van der Waals surface area contributed by atoms with Gasteiger partial charge in [0.2, 0.25) is 0 Å². The summed E-state index contributed by atoms with van der Waals surface area (Å²) in [4.78, 5) is 0. The second-order valence-electron chi connectivity index (χ2n) is 3.18. The van der Waals surface area contributed by atoms with Crippen molar-refractivity contribution in [3.8, 4) is 10.9 Å². The summed E-state index contributed by atoms with van der Waals surface area (Å²) in [5.74, 6) is 0.726. The van der Waals surface area contributed by atoms with E-state index in [-0.39, 0.29) is 0 Å². The Morgan fingerprint density at radius 2 is 2.25 bits per heavy atom. The molecule has 0 spiro atoms. The minimum Gasteiger partial charge on any atom is -0.430 e. The monoisotopic (exact) mass is 255 g/mol. The first-order chi connectivity index (χ1) is 7.69. The molecule has 0 aliphatic carbocycles. The lowest BCUT2D eigenvalue weighted by atomic mass is 10.2. The molecule has 0 amide bonds. The molecule has 1 aromatic heterocycles. The molecule has 16 heavy (non-hydrogen) atoms. The molecule has 2 rings (SSSR count). The Labute approximate surface area is 102 Å². The van der Waals surface area contributed by atoms with Crippen LogP contribution in [0, 0.1) is 6.92 Å². The predicted molar refractivity (Wildman–Crippen MR) is 64.1 cm³/mol. The Balaban J connectivity index is 2.20. The molecule has 1 aromatic carbocycles. The number of hydrogen-bond donors (Lipinski definition) is 1. The number of nitrogens with zero attached hydrogens (tertiary/aromatic N) is 2. The highest BCUT2D eigenvalue weighted by Gasteiger charge is 2.07. The molecule has 0 atom stereocenters. The lowest BCUT2D eigenvalue weighted by molar-refractivity contribution is 0.469. The van der Waals surface area contributed by atoms with E-state index in [0.29, 0.717) is 16.8 Å². The van der Waals surface area contributed by atoms with Crippen LogP contribution in [0.25, 0.3) is 0 Å². The van der Waals surface area contributed by atoms with Gasteiger partial charge in [-0.05, 0) is 30.7 Å². The van der Waals surface area contributed by atoms with Crippen molar-refractivity contribution >= 4 is 22.9 Å². The molecule has 6 heteroatoms. The van der Waals surface area contributed by atoms with Crippen LogP contribution in [-0.4, -0.2) is 10.2 Å². The van der Waals surface area contributed by atoms with E-state index in [1.165, 1.54) is 11.3 Å². The first-order valence-corrected chi connectivity index (χ1v) is 5.85. The van der Waals surface area contributed by atoms with E-state index in [9.17, 15) is 0 Å². The Morgan fingerprint density at radius 1 is 1.44 bits per heavy atom. The summed E-state index contributed by atoms with van der Waals surface area (Å²) < 4.78 is 5.58. The van der Waals surface area contributed by atoms with Crippen LogP contribution >= 0.6 is 22.9 Å². The van der Waals surface area contributed by atoms with Gasteiger partial charge in [0, 0.05) is 11.6 Å². The maximum Gasteiger partial charge on any atom is 0.299 e. The van der Waals surface area contributed by atoms with Crippen LogP contribution in [0.5, 0.6) is 10.9 Å². The second-order valence-corrected chi connectivity index (χ2v) is 4.64. The first-order valence-electron chi connectivity index (χ1n) is 4.65. The Morgan fingerprint density at radius 3 is 2.88 bits per heavy atom. The zero-order valence-electron chi connectivity index (χ0n) is 8.61. The normalized spacial score (nSPS) is 10.4. The first kappa shape index (κ1) is 11.3. The Kier molecular flexibility index (Phi) is 3.38. The van der Waals surface area contributed by atoms with Crippen molar-refractivity contribution in [1.29, 1.82) is 0 Å². The van der Waals surface area contributed by atoms with Crippen molar-refractivity contribution in [1.82, 2.24) is 10.2 Å². The maximum absolute atomic E-state index is 5.85. The van der Waals surface area contributed by atoms with Gasteiger partial charge < -0.3 is 10.5 Å². The zero-order valence-corrected chi connectivity index (χ0v) is 10.2. The summed E-state index contributed by atoms with van der Waals surface area (Å²) in [5.41, 5.74) is 6.40. The lowest BCUT2D eigenvalue weighted by Gasteiger charge is -2.04. The van der Waals surface area contributed by atoms with Gasteiger partial charge in [0.15, 0.2) is 0 Å². The highest BCUT2D eigenvalue weighted by Crippen LogP contribution is 2.28. The molecule has 0 saturated carbocycles. The van der Waals surface area contributed by atoms with Crippen LogP contribution < -0.4 is 10.5 Å². The van der Waals surface area contributed by atoms with Gasteiger partial charge in [0.1, 0.15) is 10.8 Å². The van der Waals surface area contributed by atoms with E-state index < -0.39 is 0 Å². The van der Waals surface area contributed by atoms with Crippen molar-refractivity contribution in [3.63, 3.8) is 0 Å². The Bertz CT molecular complexity index is 501. The van der Waals surface area contributed by atoms with Crippen LogP contribution in [0.3, 0.4) is 0 Å². The number of aryl methyl sites for hydroxylation is 1. The summed E-state index contributed by atoms with van der Waals surface area (Å²) in [5, 5.41) is 9.68. The number of benzene rings is 1. The molecule has 0 saturated heterocycles. The fraction of sp³-hybridized carbons (Fsp3) is 0.200. The average Bonchev–Trinajstić information content (AvgIpc) is 2.70. The number of aromatic nitrogens is 2. The van der Waals surface area contributed by atoms with E-state index in [2.05, 4.69) is 10.2 Å². The van der Waals surface area contributed by atoms with E-state index in [1.807, 2.05) is 13.0 Å². The molecule has 0 aliphatic rings. The van der Waals surface area contributed by atoms with E-state index in [0.717, 1.165) is 16.3 Å². The quantitative estimate of drug-likeness (QED) is 0.916. The maximum atomic E-state index is 5.85. The van der Waals surface area contributed by atoms with E-state index in [4.69, 9.17) is 22.1 Å². The van der Waals surface area contributed by atoms with Crippen molar-refractivity contribution < 1.29 is 4.74 Å². The minimum absolute atomic E-state index is 0.376. The third kappa shape index (κ3) is 2.49. The largest absolute Gasteiger partial charge is 0.430 e. The van der Waals surface area contributed by atoms with Crippen molar-refractivity contribution in [2.24, 2.45) is 5.73 Å². The zero-order chi connectivity index (χ0) is 11.5. The summed E-state index contributed by atoms with van der Waals surface area (Å²) in [7, 11) is 0. The molecular weight excluding hydrogens is 246 g/mol. The lowest BCUT2D eigenvalue weighted by Crippen LogP contribution is -1.94. The van der Waals surface area contributed by atoms with Crippen molar-refractivity contribution in [3.05, 3.63) is 33.8 Å². The van der Waals surface area contributed by atoms with Gasteiger partial charge in [-0.2, -0.15) is 0 Å². The molecule has 0 fully saturated rings. The number of nitrogens with two attached hydrogens (primary N) is 1. The SMILES string of the molecule is Cc1cc(Cl)ccc1Oc1nnc(CN)s1. The fourth-order valence-electron chi connectivity index (χ4n) is 1.18. The molecular formula is C10H10ClN3OS. The summed E-state index contributed by atoms with van der Waals surface area (Å²) in [6.45, 7) is 2.30. The van der Waals surface area contributed by atoms with Crippen LogP contribution in [0.1, 0.15) is 10.6 Å². The number of rotatable bonds is 3. The molecule has 0 aliphatic heterocycles. The van der Waals surface area contributed by atoms with Crippen LogP contribution in [0.15, 0.2) is 18.2 Å². The molecule has 1 heterocycles. The van der Waals surface area contributed by atoms with Gasteiger partial charge >= 0.3 is 0 Å². The van der Waals surface area contributed by atoms with Gasteiger partial charge in [-0.3, -0.25) is 0 Å². The molecule has 4 nitrogen and oxygen atoms in total. The molecule has 2 N–H and O–H groups in total. The summed E-state index contributed by atoms with van der Waals surface area (Å²) in [6.07, 6.45) is 0. The van der Waals surface area contributed by atoms with Crippen molar-refractivity contribution in [2.75, 3.05) is 0 Å². The average molecular weight is 256 g/mol. The topological polar surface area (TPSA) is 61.0 Å². The fourth-order valence-corrected chi connectivity index (χ4v) is 1.99. The van der Waals surface area contributed by atoms with Gasteiger partial charge in [-0.15, -0.1) is 5.10 Å². The summed E-state index contributed by atoms with van der Waals surface area (Å²) >= 11 is 7.19. The van der Waals surface area contributed by atoms with Crippen molar-refractivity contribution in [2.45, 2.75) is 13.5 Å². The van der Waals surface area contributed by atoms with Crippen LogP contribution in [0.2, 0.25) is 5.02 Å². The van der Waals surface area contributed by atoms with Gasteiger partial charge in [0.25, 0.3) is 5.19 Å². The van der Waals surface area contributed by atoms with Gasteiger partial charge in [-0.25, -0.2) is 0 Å². The molecule has 0 radical (unpaired) electrons. The van der Waals surface area contributed by atoms with E-state index in [1.54, 1.807) is 12.1 Å². The second kappa shape index (κ2) is 4.78. The number of ether oxygens (including phenoxy) is 1. The highest BCUT2D eigenvalue weighted by atomic mass is 35.5. The molecule has 0 unspecified atom stereocenters. The van der Waals surface area contributed by atoms with E-state index >= 15 is 0 Å². The third-order valence-electron chi connectivity index (χ3n) is 1.96. The summed E-state index contributed by atoms with van der Waals surface area (Å²) in [6, 6.07) is 5.41. The Hall–Kier alpha value is -1.17. The van der Waals surface area contributed by atoms with Crippen LogP contribution in [0.4, 0.5) is 0 Å². The highest BCUT2D eigenvalue weighted by molar-refractivity contribution is 7.13. The number of hydrogen-bond acceptors (Lipinski definition) is 5.